The molecule has 0 aliphatic heterocycles. The number of fused-ring (bicyclic) bond motifs is 1. The molecule has 0 radical (unpaired) electrons. The number of allylic oxidation sites excluding steroid dienone is 4. The Morgan fingerprint density at radius 3 is 2.38 bits per heavy atom. The molecule has 3 rings (SSSR count). The van der Waals surface area contributed by atoms with E-state index in [0.29, 0.717) is 0 Å². The largest absolute Gasteiger partial charge is 0.0808 e. The summed E-state index contributed by atoms with van der Waals surface area (Å²) in [7, 11) is 0. The lowest BCUT2D eigenvalue weighted by molar-refractivity contribution is 0.301. The Balaban J connectivity index is 1.76. The van der Waals surface area contributed by atoms with Gasteiger partial charge in [0.25, 0.3) is 0 Å². The van der Waals surface area contributed by atoms with Crippen molar-refractivity contribution in [3.63, 3.8) is 0 Å². The molecule has 0 bridgehead atoms. The zero-order valence-corrected chi connectivity index (χ0v) is 9.55. The van der Waals surface area contributed by atoms with Crippen LogP contribution in [0.1, 0.15) is 30.7 Å². The first kappa shape index (κ1) is 9.89. The van der Waals surface area contributed by atoms with Crippen LogP contribution >= 0.6 is 0 Å². The minimum atomic E-state index is 0.776. The van der Waals surface area contributed by atoms with Crippen molar-refractivity contribution in [1.29, 1.82) is 0 Å². The fourth-order valence-electron chi connectivity index (χ4n) is 3.13. The van der Waals surface area contributed by atoms with Crippen LogP contribution in [0.5, 0.6) is 0 Å². The van der Waals surface area contributed by atoms with E-state index in [2.05, 4.69) is 54.6 Å². The minimum Gasteiger partial charge on any atom is -0.0808 e. The van der Waals surface area contributed by atoms with Gasteiger partial charge in [0.2, 0.25) is 0 Å². The van der Waals surface area contributed by atoms with E-state index in [1.54, 1.807) is 0 Å². The molecule has 82 valence electrons. The lowest BCUT2D eigenvalue weighted by Crippen LogP contribution is -2.22. The van der Waals surface area contributed by atoms with Crippen molar-refractivity contribution in [2.75, 3.05) is 0 Å². The van der Waals surface area contributed by atoms with Crippen LogP contribution in [-0.4, -0.2) is 0 Å². The van der Waals surface area contributed by atoms with Gasteiger partial charge in [0.1, 0.15) is 0 Å². The van der Waals surface area contributed by atoms with E-state index in [1.165, 1.54) is 24.8 Å². The molecule has 1 saturated carbocycles. The first-order chi connectivity index (χ1) is 7.93. The molecule has 0 N–H and O–H groups in total. The molecule has 0 heterocycles. The minimum absolute atomic E-state index is 0.776. The smallest absolute Gasteiger partial charge is 0.0156 e. The highest BCUT2D eigenvalue weighted by Gasteiger charge is 2.28. The fourth-order valence-corrected chi connectivity index (χ4v) is 3.13. The van der Waals surface area contributed by atoms with Gasteiger partial charge in [-0.2, -0.15) is 0 Å². The normalized spacial score (nSPS) is 32.4. The van der Waals surface area contributed by atoms with Gasteiger partial charge in [-0.25, -0.2) is 0 Å². The van der Waals surface area contributed by atoms with Gasteiger partial charge in [0.15, 0.2) is 0 Å². The Morgan fingerprint density at radius 2 is 1.56 bits per heavy atom. The Kier molecular flexibility index (Phi) is 2.65. The summed E-state index contributed by atoms with van der Waals surface area (Å²) in [6.07, 6.45) is 13.3. The molecule has 0 nitrogen and oxygen atoms in total. The quantitative estimate of drug-likeness (QED) is 0.648. The van der Waals surface area contributed by atoms with Crippen LogP contribution in [0.4, 0.5) is 0 Å². The van der Waals surface area contributed by atoms with Crippen molar-refractivity contribution in [3.8, 4) is 0 Å². The fraction of sp³-hybridized carbons (Fsp3) is 0.375. The lowest BCUT2D eigenvalue weighted by atomic mass is 9.70. The van der Waals surface area contributed by atoms with Crippen molar-refractivity contribution in [1.82, 2.24) is 0 Å². The average Bonchev–Trinajstić information content (AvgIpc) is 2.39. The van der Waals surface area contributed by atoms with Crippen LogP contribution in [0.25, 0.3) is 0 Å². The van der Waals surface area contributed by atoms with Gasteiger partial charge >= 0.3 is 0 Å². The molecule has 3 unspecified atom stereocenters. The van der Waals surface area contributed by atoms with Crippen LogP contribution in [0.15, 0.2) is 54.6 Å². The molecule has 0 amide bonds. The first-order valence-corrected chi connectivity index (χ1v) is 6.33. The van der Waals surface area contributed by atoms with E-state index in [0.717, 1.165) is 17.8 Å². The van der Waals surface area contributed by atoms with Crippen molar-refractivity contribution in [2.45, 2.75) is 25.2 Å². The highest BCUT2D eigenvalue weighted by molar-refractivity contribution is 5.23. The predicted octanol–water partition coefficient (Wildman–Crippen LogP) is 4.31. The van der Waals surface area contributed by atoms with Crippen molar-refractivity contribution in [2.24, 2.45) is 11.8 Å². The standard InChI is InChI=1S/C16H18/c1-2-6-13(7-3-1)16-11-10-14-8-4-5-9-15(14)12-16/h1-9,14-16H,10-12H2. The number of rotatable bonds is 1. The summed E-state index contributed by atoms with van der Waals surface area (Å²) in [5, 5.41) is 0. The van der Waals surface area contributed by atoms with Gasteiger partial charge in [-0.15, -0.1) is 0 Å². The SMILES string of the molecule is C1=CC2CCC(c3ccccc3)CC2C=C1. The summed E-state index contributed by atoms with van der Waals surface area (Å²) >= 11 is 0. The summed E-state index contributed by atoms with van der Waals surface area (Å²) < 4.78 is 0. The van der Waals surface area contributed by atoms with Crippen molar-refractivity contribution < 1.29 is 0 Å². The van der Waals surface area contributed by atoms with Crippen LogP contribution in [-0.2, 0) is 0 Å². The Hall–Kier alpha value is -1.30. The Labute approximate surface area is 97.7 Å². The topological polar surface area (TPSA) is 0 Å². The zero-order valence-electron chi connectivity index (χ0n) is 9.55. The van der Waals surface area contributed by atoms with E-state index in [1.807, 2.05) is 0 Å². The maximum absolute atomic E-state index is 2.40. The molecule has 0 spiro atoms. The third kappa shape index (κ3) is 1.84. The molecule has 1 aromatic carbocycles. The number of benzene rings is 1. The zero-order chi connectivity index (χ0) is 10.8. The van der Waals surface area contributed by atoms with Crippen LogP contribution < -0.4 is 0 Å². The van der Waals surface area contributed by atoms with Gasteiger partial charge in [-0.05, 0) is 42.6 Å². The highest BCUT2D eigenvalue weighted by atomic mass is 14.3. The Bertz CT molecular complexity index is 399. The monoisotopic (exact) mass is 210 g/mol. The second-order valence-electron chi connectivity index (χ2n) is 5.02. The molecule has 0 aromatic heterocycles. The second kappa shape index (κ2) is 4.29. The summed E-state index contributed by atoms with van der Waals surface area (Å²) in [5.41, 5.74) is 1.53. The molecule has 2 aliphatic carbocycles. The van der Waals surface area contributed by atoms with Gasteiger partial charge in [-0.1, -0.05) is 54.6 Å². The van der Waals surface area contributed by atoms with Gasteiger partial charge in [0.05, 0.1) is 0 Å². The summed E-state index contributed by atoms with van der Waals surface area (Å²) in [6, 6.07) is 11.0. The molecular formula is C16H18. The maximum Gasteiger partial charge on any atom is -0.0156 e. The summed E-state index contributed by atoms with van der Waals surface area (Å²) in [6.45, 7) is 0. The van der Waals surface area contributed by atoms with Gasteiger partial charge in [0, 0.05) is 0 Å². The molecule has 0 saturated heterocycles. The second-order valence-corrected chi connectivity index (χ2v) is 5.02. The van der Waals surface area contributed by atoms with Gasteiger partial charge < -0.3 is 0 Å². The molecule has 2 aliphatic rings. The average molecular weight is 210 g/mol. The van der Waals surface area contributed by atoms with Crippen molar-refractivity contribution >= 4 is 0 Å². The number of hydrogen-bond acceptors (Lipinski definition) is 0. The maximum atomic E-state index is 2.40. The van der Waals surface area contributed by atoms with Crippen LogP contribution in [0, 0.1) is 11.8 Å². The molecule has 1 aromatic rings. The lowest BCUT2D eigenvalue weighted by Gasteiger charge is -2.34. The van der Waals surface area contributed by atoms with Crippen LogP contribution in [0.2, 0.25) is 0 Å². The van der Waals surface area contributed by atoms with Gasteiger partial charge in [-0.3, -0.25) is 0 Å². The highest BCUT2D eigenvalue weighted by Crippen LogP contribution is 2.41. The summed E-state index contributed by atoms with van der Waals surface area (Å²) in [4.78, 5) is 0. The summed E-state index contributed by atoms with van der Waals surface area (Å²) in [5.74, 6) is 2.37. The molecule has 3 atom stereocenters. The number of hydrogen-bond donors (Lipinski definition) is 0. The van der Waals surface area contributed by atoms with E-state index >= 15 is 0 Å². The third-order valence-electron chi connectivity index (χ3n) is 4.05. The van der Waals surface area contributed by atoms with Crippen LogP contribution in [0.3, 0.4) is 0 Å². The van der Waals surface area contributed by atoms with E-state index in [-0.39, 0.29) is 0 Å². The molecule has 0 heteroatoms. The van der Waals surface area contributed by atoms with Crippen molar-refractivity contribution in [3.05, 3.63) is 60.2 Å². The first-order valence-electron chi connectivity index (χ1n) is 6.33. The predicted molar refractivity (Wildman–Crippen MR) is 68.3 cm³/mol. The molecule has 16 heavy (non-hydrogen) atoms. The Morgan fingerprint density at radius 1 is 0.812 bits per heavy atom. The third-order valence-corrected chi connectivity index (χ3v) is 4.05. The van der Waals surface area contributed by atoms with E-state index in [4.69, 9.17) is 0 Å². The molecule has 1 fully saturated rings. The molecular weight excluding hydrogens is 192 g/mol. The van der Waals surface area contributed by atoms with E-state index in [9.17, 15) is 0 Å². The van der Waals surface area contributed by atoms with E-state index < -0.39 is 0 Å².